The average molecular weight is 259 g/mol. The summed E-state index contributed by atoms with van der Waals surface area (Å²) in [5.41, 5.74) is 0. The first-order chi connectivity index (χ1) is 7.40. The zero-order valence-electron chi connectivity index (χ0n) is 8.29. The molecule has 0 fully saturated rings. The van der Waals surface area contributed by atoms with Crippen LogP contribution in [0.25, 0.3) is 0 Å². The van der Waals surface area contributed by atoms with Gasteiger partial charge in [-0.05, 0) is 18.6 Å². The summed E-state index contributed by atoms with van der Waals surface area (Å²) in [6.45, 7) is 0. The normalized spacial score (nSPS) is 11.1. The standard InChI is InChI=1S/C9H10NO4PS/c10-5-9-4-3-8(16-9)2-1-7(11)6-15(12,13)14/h3-4H,1-2,6H2,(H2,12,13,14). The Morgan fingerprint density at radius 2 is 2.19 bits per heavy atom. The Kier molecular flexibility index (Phi) is 4.39. The molecule has 2 N–H and O–H groups in total. The largest absolute Gasteiger partial charge is 0.332 e. The van der Waals surface area contributed by atoms with E-state index in [1.54, 1.807) is 12.1 Å². The van der Waals surface area contributed by atoms with Gasteiger partial charge in [0, 0.05) is 11.3 Å². The minimum atomic E-state index is -4.24. The molecule has 0 aliphatic rings. The number of carbonyl (C=O) groups is 1. The summed E-state index contributed by atoms with van der Waals surface area (Å²) >= 11 is 1.29. The maximum atomic E-state index is 11.2. The summed E-state index contributed by atoms with van der Waals surface area (Å²) in [6, 6.07) is 5.39. The number of nitriles is 1. The van der Waals surface area contributed by atoms with Crippen LogP contribution in [0, 0.1) is 11.3 Å². The van der Waals surface area contributed by atoms with Crippen molar-refractivity contribution in [1.29, 1.82) is 5.26 Å². The minimum Gasteiger partial charge on any atom is -0.324 e. The molecule has 0 spiro atoms. The number of nitrogens with zero attached hydrogens (tertiary/aromatic N) is 1. The molecular weight excluding hydrogens is 249 g/mol. The van der Waals surface area contributed by atoms with Gasteiger partial charge in [-0.2, -0.15) is 5.26 Å². The van der Waals surface area contributed by atoms with Gasteiger partial charge in [-0.15, -0.1) is 11.3 Å². The van der Waals surface area contributed by atoms with Crippen LogP contribution in [-0.2, 0) is 15.8 Å². The SMILES string of the molecule is N#Cc1ccc(CCC(=O)CP(=O)(O)O)s1. The third-order valence-corrected chi connectivity index (χ3v) is 3.62. The topological polar surface area (TPSA) is 98.4 Å². The number of Topliss-reactive ketones (excluding diaryl/α,β-unsaturated/α-hetero) is 1. The number of thiophene rings is 1. The van der Waals surface area contributed by atoms with Crippen LogP contribution in [0.4, 0.5) is 0 Å². The van der Waals surface area contributed by atoms with E-state index in [2.05, 4.69) is 0 Å². The van der Waals surface area contributed by atoms with Crippen molar-refractivity contribution in [3.8, 4) is 6.07 Å². The van der Waals surface area contributed by atoms with Gasteiger partial charge in [-0.25, -0.2) is 0 Å². The molecule has 0 atom stereocenters. The Balaban J connectivity index is 2.44. The molecule has 0 saturated heterocycles. The summed E-state index contributed by atoms with van der Waals surface area (Å²) in [4.78, 5) is 29.7. The molecule has 86 valence electrons. The predicted molar refractivity (Wildman–Crippen MR) is 59.3 cm³/mol. The molecule has 0 aromatic carbocycles. The highest BCUT2D eigenvalue weighted by Crippen LogP contribution is 2.34. The van der Waals surface area contributed by atoms with Crippen LogP contribution in [0.5, 0.6) is 0 Å². The molecule has 0 bridgehead atoms. The zero-order chi connectivity index (χ0) is 12.2. The van der Waals surface area contributed by atoms with Crippen molar-refractivity contribution in [3.05, 3.63) is 21.9 Å². The van der Waals surface area contributed by atoms with Gasteiger partial charge in [0.1, 0.15) is 22.9 Å². The number of ketones is 1. The molecule has 0 aliphatic carbocycles. The van der Waals surface area contributed by atoms with Crippen LogP contribution < -0.4 is 0 Å². The number of rotatable bonds is 5. The highest BCUT2D eigenvalue weighted by molar-refractivity contribution is 7.52. The second-order valence-corrected chi connectivity index (χ2v) is 6.05. The van der Waals surface area contributed by atoms with Crippen LogP contribution in [-0.4, -0.2) is 21.7 Å². The molecule has 1 rings (SSSR count). The Morgan fingerprint density at radius 1 is 1.50 bits per heavy atom. The van der Waals surface area contributed by atoms with E-state index in [4.69, 9.17) is 15.0 Å². The molecule has 5 nitrogen and oxygen atoms in total. The summed E-state index contributed by atoms with van der Waals surface area (Å²) in [5.74, 6) is -0.458. The summed E-state index contributed by atoms with van der Waals surface area (Å²) < 4.78 is 10.5. The summed E-state index contributed by atoms with van der Waals surface area (Å²) in [5, 5.41) is 8.57. The smallest absolute Gasteiger partial charge is 0.324 e. The first-order valence-corrected chi connectivity index (χ1v) is 7.07. The van der Waals surface area contributed by atoms with E-state index in [0.717, 1.165) is 4.88 Å². The lowest BCUT2D eigenvalue weighted by atomic mass is 10.2. The fraction of sp³-hybridized carbons (Fsp3) is 0.333. The quantitative estimate of drug-likeness (QED) is 0.776. The Morgan fingerprint density at radius 3 is 2.69 bits per heavy atom. The van der Waals surface area contributed by atoms with Gasteiger partial charge in [0.05, 0.1) is 0 Å². The van der Waals surface area contributed by atoms with Crippen LogP contribution in [0.15, 0.2) is 12.1 Å². The lowest BCUT2D eigenvalue weighted by Crippen LogP contribution is -2.05. The van der Waals surface area contributed by atoms with E-state index >= 15 is 0 Å². The summed E-state index contributed by atoms with van der Waals surface area (Å²) in [6.07, 6.45) is -0.189. The van der Waals surface area contributed by atoms with Gasteiger partial charge < -0.3 is 9.79 Å². The minimum absolute atomic E-state index is 0.0937. The molecule has 0 saturated carbocycles. The molecule has 0 unspecified atom stereocenters. The third kappa shape index (κ3) is 4.69. The van der Waals surface area contributed by atoms with E-state index in [-0.39, 0.29) is 6.42 Å². The highest BCUT2D eigenvalue weighted by atomic mass is 32.1. The lowest BCUT2D eigenvalue weighted by molar-refractivity contribution is -0.116. The second-order valence-electron chi connectivity index (χ2n) is 3.24. The number of hydrogen-bond donors (Lipinski definition) is 2. The first-order valence-electron chi connectivity index (χ1n) is 4.46. The van der Waals surface area contributed by atoms with E-state index < -0.39 is 19.5 Å². The maximum absolute atomic E-state index is 11.2. The van der Waals surface area contributed by atoms with E-state index in [1.807, 2.05) is 6.07 Å². The fourth-order valence-electron chi connectivity index (χ4n) is 1.14. The van der Waals surface area contributed by atoms with Crippen molar-refractivity contribution in [2.75, 3.05) is 6.16 Å². The van der Waals surface area contributed by atoms with E-state index in [0.29, 0.717) is 11.3 Å². The molecular formula is C9H10NO4PS. The van der Waals surface area contributed by atoms with Crippen LogP contribution in [0.3, 0.4) is 0 Å². The van der Waals surface area contributed by atoms with Crippen molar-refractivity contribution < 1.29 is 19.1 Å². The molecule has 16 heavy (non-hydrogen) atoms. The second kappa shape index (κ2) is 5.37. The molecule has 0 aliphatic heterocycles. The summed E-state index contributed by atoms with van der Waals surface area (Å²) in [7, 11) is -4.24. The van der Waals surface area contributed by atoms with Crippen molar-refractivity contribution in [3.63, 3.8) is 0 Å². The van der Waals surface area contributed by atoms with E-state index in [9.17, 15) is 9.36 Å². The van der Waals surface area contributed by atoms with Gasteiger partial charge in [-0.1, -0.05) is 0 Å². The van der Waals surface area contributed by atoms with Gasteiger partial charge in [0.15, 0.2) is 0 Å². The predicted octanol–water partition coefficient (Wildman–Crippen LogP) is 1.30. The fourth-order valence-corrected chi connectivity index (χ4v) is 2.57. The van der Waals surface area contributed by atoms with Crippen LogP contribution >= 0.6 is 18.9 Å². The molecule has 1 heterocycles. The number of hydrogen-bond acceptors (Lipinski definition) is 4. The van der Waals surface area contributed by atoms with Crippen molar-refractivity contribution >= 4 is 24.7 Å². The zero-order valence-corrected chi connectivity index (χ0v) is 10.0. The lowest BCUT2D eigenvalue weighted by Gasteiger charge is -2.01. The number of aryl methyl sites for hydroxylation is 1. The van der Waals surface area contributed by atoms with Crippen molar-refractivity contribution in [1.82, 2.24) is 0 Å². The van der Waals surface area contributed by atoms with Gasteiger partial charge in [0.25, 0.3) is 0 Å². The Bertz CT molecular complexity index is 470. The molecule has 7 heteroatoms. The van der Waals surface area contributed by atoms with Crippen LogP contribution in [0.2, 0.25) is 0 Å². The van der Waals surface area contributed by atoms with Crippen LogP contribution in [0.1, 0.15) is 16.2 Å². The van der Waals surface area contributed by atoms with Crippen molar-refractivity contribution in [2.24, 2.45) is 0 Å². The third-order valence-electron chi connectivity index (χ3n) is 1.80. The Hall–Kier alpha value is -0.990. The average Bonchev–Trinajstić information content (AvgIpc) is 2.59. The van der Waals surface area contributed by atoms with Crippen molar-refractivity contribution in [2.45, 2.75) is 12.8 Å². The monoisotopic (exact) mass is 259 g/mol. The van der Waals surface area contributed by atoms with Gasteiger partial charge in [-0.3, -0.25) is 9.36 Å². The molecule has 0 radical (unpaired) electrons. The maximum Gasteiger partial charge on any atom is 0.332 e. The molecule has 0 amide bonds. The Labute approximate surface area is 96.5 Å². The first kappa shape index (κ1) is 13.1. The number of carbonyl (C=O) groups excluding carboxylic acids is 1. The van der Waals surface area contributed by atoms with Gasteiger partial charge >= 0.3 is 7.60 Å². The molecule has 1 aromatic heterocycles. The van der Waals surface area contributed by atoms with Gasteiger partial charge in [0.2, 0.25) is 0 Å². The van der Waals surface area contributed by atoms with E-state index in [1.165, 1.54) is 11.3 Å². The molecule has 1 aromatic rings. The highest BCUT2D eigenvalue weighted by Gasteiger charge is 2.18.